The first-order valence-electron chi connectivity index (χ1n) is 7.65. The number of carbonyl (C=O) groups is 1. The van der Waals surface area contributed by atoms with Crippen molar-refractivity contribution in [2.45, 2.75) is 58.3 Å². The molecule has 0 aliphatic rings. The first-order chi connectivity index (χ1) is 9.94. The number of carboxylic acids is 1. The van der Waals surface area contributed by atoms with Crippen LogP contribution in [0.25, 0.3) is 0 Å². The fourth-order valence-electron chi connectivity index (χ4n) is 2.21. The molecule has 0 saturated carbocycles. The van der Waals surface area contributed by atoms with Crippen molar-refractivity contribution in [1.82, 2.24) is 5.32 Å². The zero-order chi connectivity index (χ0) is 15.7. The average molecular weight is 295 g/mol. The van der Waals surface area contributed by atoms with Crippen molar-refractivity contribution >= 4 is 5.97 Å². The van der Waals surface area contributed by atoms with Crippen LogP contribution in [0.2, 0.25) is 0 Å². The van der Waals surface area contributed by atoms with E-state index in [1.54, 1.807) is 0 Å². The van der Waals surface area contributed by atoms with Gasteiger partial charge in [-0.25, -0.2) is 9.18 Å². The SMILES string of the molecule is CC(C)CCCCCC(F)(NCc1ccccc1)C(=O)O. The minimum Gasteiger partial charge on any atom is -0.478 e. The summed E-state index contributed by atoms with van der Waals surface area (Å²) >= 11 is 0. The van der Waals surface area contributed by atoms with Crippen molar-refractivity contribution in [2.24, 2.45) is 5.92 Å². The third-order valence-corrected chi connectivity index (χ3v) is 3.56. The summed E-state index contributed by atoms with van der Waals surface area (Å²) in [7, 11) is 0. The summed E-state index contributed by atoms with van der Waals surface area (Å²) in [5, 5.41) is 11.7. The maximum absolute atomic E-state index is 14.5. The molecule has 0 fully saturated rings. The van der Waals surface area contributed by atoms with Crippen LogP contribution in [0.4, 0.5) is 4.39 Å². The van der Waals surface area contributed by atoms with E-state index in [0.29, 0.717) is 12.3 Å². The Balaban J connectivity index is 2.41. The normalized spacial score (nSPS) is 14.1. The smallest absolute Gasteiger partial charge is 0.356 e. The van der Waals surface area contributed by atoms with E-state index in [-0.39, 0.29) is 13.0 Å². The van der Waals surface area contributed by atoms with E-state index in [0.717, 1.165) is 24.8 Å². The van der Waals surface area contributed by atoms with Gasteiger partial charge in [0.15, 0.2) is 0 Å². The second kappa shape index (κ2) is 8.78. The van der Waals surface area contributed by atoms with Gasteiger partial charge in [0.05, 0.1) is 0 Å². The van der Waals surface area contributed by atoms with E-state index in [2.05, 4.69) is 19.2 Å². The van der Waals surface area contributed by atoms with Gasteiger partial charge in [-0.2, -0.15) is 0 Å². The average Bonchev–Trinajstić information content (AvgIpc) is 2.45. The fourth-order valence-corrected chi connectivity index (χ4v) is 2.21. The molecule has 0 amide bonds. The van der Waals surface area contributed by atoms with E-state index in [1.807, 2.05) is 30.3 Å². The number of unbranched alkanes of at least 4 members (excludes halogenated alkanes) is 2. The highest BCUT2D eigenvalue weighted by atomic mass is 19.1. The van der Waals surface area contributed by atoms with Crippen LogP contribution >= 0.6 is 0 Å². The van der Waals surface area contributed by atoms with Crippen LogP contribution in [0.3, 0.4) is 0 Å². The van der Waals surface area contributed by atoms with Gasteiger partial charge in [0.1, 0.15) is 0 Å². The predicted octanol–water partition coefficient (Wildman–Crippen LogP) is 4.13. The Morgan fingerprint density at radius 3 is 2.48 bits per heavy atom. The van der Waals surface area contributed by atoms with Gasteiger partial charge >= 0.3 is 5.97 Å². The molecule has 1 unspecified atom stereocenters. The maximum atomic E-state index is 14.5. The topological polar surface area (TPSA) is 49.3 Å². The molecule has 4 heteroatoms. The van der Waals surface area contributed by atoms with Gasteiger partial charge < -0.3 is 5.11 Å². The van der Waals surface area contributed by atoms with Crippen LogP contribution in [-0.2, 0) is 11.3 Å². The van der Waals surface area contributed by atoms with Crippen LogP contribution in [0.1, 0.15) is 51.5 Å². The number of hydrogen-bond acceptors (Lipinski definition) is 2. The van der Waals surface area contributed by atoms with Gasteiger partial charge in [0, 0.05) is 13.0 Å². The van der Waals surface area contributed by atoms with E-state index in [9.17, 15) is 9.18 Å². The lowest BCUT2D eigenvalue weighted by atomic mass is 10.0. The van der Waals surface area contributed by atoms with Crippen molar-refractivity contribution in [2.75, 3.05) is 0 Å². The molecule has 0 aliphatic carbocycles. The number of halogens is 1. The number of benzene rings is 1. The van der Waals surface area contributed by atoms with Crippen LogP contribution in [0, 0.1) is 5.92 Å². The zero-order valence-corrected chi connectivity index (χ0v) is 12.9. The maximum Gasteiger partial charge on any atom is 0.356 e. The largest absolute Gasteiger partial charge is 0.478 e. The van der Waals surface area contributed by atoms with Gasteiger partial charge in [0.2, 0.25) is 0 Å². The molecule has 1 atom stereocenters. The number of nitrogens with one attached hydrogen (secondary N) is 1. The van der Waals surface area contributed by atoms with Crippen LogP contribution in [0.15, 0.2) is 30.3 Å². The first-order valence-corrected chi connectivity index (χ1v) is 7.65. The Kier molecular flexibility index (Phi) is 7.37. The Morgan fingerprint density at radius 1 is 1.24 bits per heavy atom. The molecule has 1 aromatic rings. The minimum absolute atomic E-state index is 0.00720. The molecule has 0 aromatic heterocycles. The van der Waals surface area contributed by atoms with Crippen LogP contribution in [-0.4, -0.2) is 16.9 Å². The molecule has 0 spiro atoms. The summed E-state index contributed by atoms with van der Waals surface area (Å²) in [6, 6.07) is 9.27. The van der Waals surface area contributed by atoms with Crippen molar-refractivity contribution in [3.8, 4) is 0 Å². The second-order valence-electron chi connectivity index (χ2n) is 5.94. The highest BCUT2D eigenvalue weighted by Gasteiger charge is 2.37. The molecule has 1 aromatic carbocycles. The molecule has 1 rings (SSSR count). The molecule has 0 bridgehead atoms. The minimum atomic E-state index is -2.34. The van der Waals surface area contributed by atoms with Crippen molar-refractivity contribution in [1.29, 1.82) is 0 Å². The van der Waals surface area contributed by atoms with Crippen molar-refractivity contribution < 1.29 is 14.3 Å². The number of rotatable bonds is 10. The molecule has 3 nitrogen and oxygen atoms in total. The quantitative estimate of drug-likeness (QED) is 0.504. The van der Waals surface area contributed by atoms with E-state index < -0.39 is 11.8 Å². The zero-order valence-electron chi connectivity index (χ0n) is 12.9. The monoisotopic (exact) mass is 295 g/mol. The van der Waals surface area contributed by atoms with Gasteiger partial charge in [0.25, 0.3) is 5.79 Å². The highest BCUT2D eigenvalue weighted by Crippen LogP contribution is 2.20. The standard InChI is InChI=1S/C17H26FNO2/c1-14(2)9-5-4-8-12-17(18,16(20)21)19-13-15-10-6-3-7-11-15/h3,6-7,10-11,14,19H,4-5,8-9,12-13H2,1-2H3,(H,20,21). The fraction of sp³-hybridized carbons (Fsp3) is 0.588. The van der Waals surface area contributed by atoms with E-state index in [1.165, 1.54) is 0 Å². The van der Waals surface area contributed by atoms with E-state index >= 15 is 0 Å². The molecule has 0 heterocycles. The molecular formula is C17H26FNO2. The van der Waals surface area contributed by atoms with Crippen molar-refractivity contribution in [3.63, 3.8) is 0 Å². The summed E-state index contributed by atoms with van der Waals surface area (Å²) in [4.78, 5) is 11.2. The number of alkyl halides is 1. The molecule has 0 radical (unpaired) electrons. The number of aliphatic carboxylic acids is 1. The summed E-state index contributed by atoms with van der Waals surface area (Å²) in [5.74, 6) is -3.13. The highest BCUT2D eigenvalue weighted by molar-refractivity contribution is 5.76. The summed E-state index contributed by atoms with van der Waals surface area (Å²) in [5.41, 5.74) is 0.876. The summed E-state index contributed by atoms with van der Waals surface area (Å²) < 4.78 is 14.5. The third-order valence-electron chi connectivity index (χ3n) is 3.56. The van der Waals surface area contributed by atoms with Gasteiger partial charge in [-0.15, -0.1) is 0 Å². The lowest BCUT2D eigenvalue weighted by Gasteiger charge is -2.22. The Bertz CT molecular complexity index is 422. The van der Waals surface area contributed by atoms with E-state index in [4.69, 9.17) is 5.11 Å². The van der Waals surface area contributed by atoms with Gasteiger partial charge in [-0.3, -0.25) is 5.32 Å². The molecule has 0 saturated heterocycles. The Labute approximate surface area is 126 Å². The molecule has 21 heavy (non-hydrogen) atoms. The lowest BCUT2D eigenvalue weighted by molar-refractivity contribution is -0.154. The van der Waals surface area contributed by atoms with Crippen LogP contribution < -0.4 is 5.32 Å². The summed E-state index contributed by atoms with van der Waals surface area (Å²) in [6.45, 7) is 4.52. The number of hydrogen-bond donors (Lipinski definition) is 2. The van der Waals surface area contributed by atoms with Gasteiger partial charge in [-0.05, 0) is 17.9 Å². The second-order valence-corrected chi connectivity index (χ2v) is 5.94. The molecular weight excluding hydrogens is 269 g/mol. The van der Waals surface area contributed by atoms with Crippen LogP contribution in [0.5, 0.6) is 0 Å². The van der Waals surface area contributed by atoms with Gasteiger partial charge in [-0.1, -0.05) is 63.4 Å². The Hall–Kier alpha value is -1.42. The van der Waals surface area contributed by atoms with Crippen molar-refractivity contribution in [3.05, 3.63) is 35.9 Å². The third kappa shape index (κ3) is 6.71. The summed E-state index contributed by atoms with van der Waals surface area (Å²) in [6.07, 6.45) is 3.57. The molecule has 118 valence electrons. The Morgan fingerprint density at radius 2 is 1.90 bits per heavy atom. The predicted molar refractivity (Wildman–Crippen MR) is 82.7 cm³/mol. The first kappa shape index (κ1) is 17.6. The molecule has 0 aliphatic heterocycles. The lowest BCUT2D eigenvalue weighted by Crippen LogP contribution is -2.47. The number of carboxylic acid groups (broad SMARTS) is 1. The molecule has 2 N–H and O–H groups in total.